The molecule has 322 valence electrons. The Morgan fingerprint density at radius 2 is 1.28 bits per heavy atom. The summed E-state index contributed by atoms with van der Waals surface area (Å²) in [5, 5.41) is 17.6. The van der Waals surface area contributed by atoms with Crippen molar-refractivity contribution in [3.8, 4) is 11.8 Å². The molecule has 2 aromatic carbocycles. The van der Waals surface area contributed by atoms with E-state index in [2.05, 4.69) is 62.5 Å². The van der Waals surface area contributed by atoms with Gasteiger partial charge in [-0.2, -0.15) is 0 Å². The highest BCUT2D eigenvalue weighted by atomic mass is 16.2. The minimum absolute atomic E-state index is 0.0416. The molecule has 0 saturated carbocycles. The fourth-order valence-electron chi connectivity index (χ4n) is 8.49. The van der Waals surface area contributed by atoms with E-state index in [1.165, 1.54) is 20.9 Å². The van der Waals surface area contributed by atoms with Crippen molar-refractivity contribution in [1.82, 2.24) is 41.7 Å². The number of carbonyl (C=O) groups is 6. The SMILES string of the molecule is C=C(C#CC[C@H](NC(=O)CNC)C(=O)N1CC=C[C@H]1C(=O)N[C@@H]1CCCc2ccccc21)C[C@H](NC(=O)[C@H](C)NC)C(=O)N1CC=C[C@H]1C(=O)N[C@@H]1CCCc2ccccc21. The summed E-state index contributed by atoms with van der Waals surface area (Å²) in [7, 11) is 3.25. The van der Waals surface area contributed by atoms with E-state index in [0.29, 0.717) is 5.57 Å². The number of benzene rings is 2. The van der Waals surface area contributed by atoms with E-state index < -0.39 is 53.8 Å². The number of hydrogen-bond donors (Lipinski definition) is 6. The second-order valence-corrected chi connectivity index (χ2v) is 16.1. The van der Waals surface area contributed by atoms with Crippen LogP contribution in [0.15, 0.2) is 85.0 Å². The number of hydrogen-bond acceptors (Lipinski definition) is 8. The largest absolute Gasteiger partial charge is 0.347 e. The molecule has 6 amide bonds. The normalized spacial score (nSPS) is 21.4. The summed E-state index contributed by atoms with van der Waals surface area (Å²) in [4.78, 5) is 84.6. The Hall–Kier alpha value is -6.04. The van der Waals surface area contributed by atoms with Crippen LogP contribution in [-0.2, 0) is 41.6 Å². The van der Waals surface area contributed by atoms with Crippen LogP contribution in [0.4, 0.5) is 0 Å². The second-order valence-electron chi connectivity index (χ2n) is 16.1. The molecule has 14 heteroatoms. The highest BCUT2D eigenvalue weighted by Gasteiger charge is 2.38. The lowest BCUT2D eigenvalue weighted by Crippen LogP contribution is -2.56. The Labute approximate surface area is 358 Å². The third-order valence-corrected chi connectivity index (χ3v) is 11.8. The van der Waals surface area contributed by atoms with Gasteiger partial charge >= 0.3 is 0 Å². The second kappa shape index (κ2) is 21.0. The molecule has 14 nitrogen and oxygen atoms in total. The first-order valence-corrected chi connectivity index (χ1v) is 21.3. The van der Waals surface area contributed by atoms with E-state index in [-0.39, 0.29) is 56.4 Å². The third-order valence-electron chi connectivity index (χ3n) is 11.8. The van der Waals surface area contributed by atoms with Crippen molar-refractivity contribution in [2.24, 2.45) is 0 Å². The van der Waals surface area contributed by atoms with Gasteiger partial charge in [0, 0.05) is 25.9 Å². The number of rotatable bonds is 15. The van der Waals surface area contributed by atoms with Gasteiger partial charge < -0.3 is 41.7 Å². The van der Waals surface area contributed by atoms with Gasteiger partial charge in [0.25, 0.3) is 0 Å². The van der Waals surface area contributed by atoms with E-state index in [1.54, 1.807) is 45.3 Å². The van der Waals surface area contributed by atoms with Crippen molar-refractivity contribution in [3.05, 3.63) is 107 Å². The molecule has 2 aliphatic heterocycles. The van der Waals surface area contributed by atoms with E-state index in [4.69, 9.17) is 0 Å². The zero-order valence-corrected chi connectivity index (χ0v) is 35.3. The minimum Gasteiger partial charge on any atom is -0.347 e. The zero-order valence-electron chi connectivity index (χ0n) is 35.3. The molecule has 0 spiro atoms. The summed E-state index contributed by atoms with van der Waals surface area (Å²) in [5.74, 6) is 3.51. The summed E-state index contributed by atoms with van der Waals surface area (Å²) in [6, 6.07) is 11.2. The monoisotopic (exact) mass is 830 g/mol. The molecular formula is C47H58N8O6. The van der Waals surface area contributed by atoms with Crippen molar-refractivity contribution in [2.45, 2.75) is 101 Å². The first-order chi connectivity index (χ1) is 29.5. The predicted octanol–water partition coefficient (Wildman–Crippen LogP) is 2.04. The first-order valence-electron chi connectivity index (χ1n) is 21.3. The molecule has 2 aromatic rings. The minimum atomic E-state index is -1.10. The number of carbonyl (C=O) groups excluding carboxylic acids is 6. The number of likely N-dealkylation sites (N-methyl/N-ethyl adjacent to an activating group) is 2. The summed E-state index contributed by atoms with van der Waals surface area (Å²) in [6.07, 6.45) is 12.1. The highest BCUT2D eigenvalue weighted by Crippen LogP contribution is 2.31. The van der Waals surface area contributed by atoms with Crippen LogP contribution in [0.3, 0.4) is 0 Å². The molecule has 0 aromatic heterocycles. The van der Waals surface area contributed by atoms with Crippen molar-refractivity contribution in [2.75, 3.05) is 33.7 Å². The molecule has 2 aliphatic carbocycles. The predicted molar refractivity (Wildman–Crippen MR) is 232 cm³/mol. The van der Waals surface area contributed by atoms with Crippen LogP contribution < -0.4 is 31.9 Å². The average Bonchev–Trinajstić information content (AvgIpc) is 3.97. The van der Waals surface area contributed by atoms with Crippen molar-refractivity contribution < 1.29 is 28.8 Å². The summed E-state index contributed by atoms with van der Waals surface area (Å²) >= 11 is 0. The van der Waals surface area contributed by atoms with Gasteiger partial charge in [0.05, 0.1) is 24.7 Å². The molecular weight excluding hydrogens is 773 g/mol. The summed E-state index contributed by atoms with van der Waals surface area (Å²) in [6.45, 7) is 6.07. The van der Waals surface area contributed by atoms with E-state index >= 15 is 0 Å². The van der Waals surface area contributed by atoms with E-state index in [9.17, 15) is 28.8 Å². The molecule has 6 N–H and O–H groups in total. The topological polar surface area (TPSA) is 181 Å². The number of fused-ring (bicyclic) bond motifs is 2. The molecule has 4 aliphatic rings. The Morgan fingerprint density at radius 1 is 0.754 bits per heavy atom. The maximum Gasteiger partial charge on any atom is 0.247 e. The molecule has 2 heterocycles. The van der Waals surface area contributed by atoms with Gasteiger partial charge in [-0.15, -0.1) is 0 Å². The number of aryl methyl sites for hydroxylation is 2. The Balaban J connectivity index is 1.13. The van der Waals surface area contributed by atoms with Crippen LogP contribution in [-0.4, -0.2) is 109 Å². The van der Waals surface area contributed by atoms with Gasteiger partial charge in [-0.1, -0.05) is 91.3 Å². The molecule has 0 bridgehead atoms. The molecule has 61 heavy (non-hydrogen) atoms. The zero-order chi connectivity index (χ0) is 43.5. The van der Waals surface area contributed by atoms with Crippen LogP contribution in [0, 0.1) is 11.8 Å². The van der Waals surface area contributed by atoms with Crippen molar-refractivity contribution in [3.63, 3.8) is 0 Å². The Bertz CT molecular complexity index is 2120. The van der Waals surface area contributed by atoms with Gasteiger partial charge in [-0.25, -0.2) is 0 Å². The number of nitrogens with zero attached hydrogens (tertiary/aromatic N) is 2. The third kappa shape index (κ3) is 11.0. The number of amides is 6. The molecule has 0 radical (unpaired) electrons. The maximum absolute atomic E-state index is 14.2. The van der Waals surface area contributed by atoms with Gasteiger partial charge in [0.2, 0.25) is 35.4 Å². The average molecular weight is 831 g/mol. The molecule has 0 unspecified atom stereocenters. The van der Waals surface area contributed by atoms with Crippen LogP contribution in [0.5, 0.6) is 0 Å². The standard InChI is InChI=1S/C47H58N8O6/c1-30(28-39(53-43(57)31(2)49-4)47(61)55-27-13-25-41(55)45(59)52-37-22-11-18-33-16-6-8-20-35(33)37)14-9-23-38(50-42(56)29-48-3)46(60)54-26-12-24-40(54)44(58)51-36-21-10-17-32-15-5-7-19-34(32)36/h5-8,12-13,15-16,19-20,24-25,31,36-41,48-49H,1,10-11,17-18,21-23,26-29H2,2-4H3,(H,50,56)(H,51,58)(H,52,59)(H,53,57)/t31-,36+,37+,38-,39-,40-,41-/m0/s1. The lowest BCUT2D eigenvalue weighted by Gasteiger charge is -2.32. The Kier molecular flexibility index (Phi) is 15.3. The maximum atomic E-state index is 14.2. The lowest BCUT2D eigenvalue weighted by molar-refractivity contribution is -0.141. The lowest BCUT2D eigenvalue weighted by atomic mass is 9.87. The van der Waals surface area contributed by atoms with Crippen molar-refractivity contribution >= 4 is 35.4 Å². The van der Waals surface area contributed by atoms with Gasteiger partial charge in [0.1, 0.15) is 24.2 Å². The van der Waals surface area contributed by atoms with Gasteiger partial charge in [-0.3, -0.25) is 28.8 Å². The van der Waals surface area contributed by atoms with Crippen LogP contribution >= 0.6 is 0 Å². The van der Waals surface area contributed by atoms with Gasteiger partial charge in [0.15, 0.2) is 0 Å². The Morgan fingerprint density at radius 3 is 1.80 bits per heavy atom. The smallest absolute Gasteiger partial charge is 0.247 e. The van der Waals surface area contributed by atoms with Crippen LogP contribution in [0.25, 0.3) is 0 Å². The molecule has 6 rings (SSSR count). The van der Waals surface area contributed by atoms with Gasteiger partial charge in [-0.05, 0) is 87.4 Å². The molecule has 0 fully saturated rings. The van der Waals surface area contributed by atoms with E-state index in [1.807, 2.05) is 36.4 Å². The summed E-state index contributed by atoms with van der Waals surface area (Å²) in [5.41, 5.74) is 4.86. The van der Waals surface area contributed by atoms with Crippen LogP contribution in [0.2, 0.25) is 0 Å². The van der Waals surface area contributed by atoms with E-state index in [0.717, 1.165) is 49.7 Å². The quantitative estimate of drug-likeness (QED) is 0.117. The fourth-order valence-corrected chi connectivity index (χ4v) is 8.49. The van der Waals surface area contributed by atoms with Crippen LogP contribution in [0.1, 0.15) is 79.8 Å². The molecule has 0 saturated heterocycles. The van der Waals surface area contributed by atoms with Crippen molar-refractivity contribution in [1.29, 1.82) is 0 Å². The number of nitrogens with one attached hydrogen (secondary N) is 6. The molecule has 7 atom stereocenters. The first kappa shape index (κ1) is 44.5. The fraction of sp³-hybridized carbons (Fsp3) is 0.447. The summed E-state index contributed by atoms with van der Waals surface area (Å²) < 4.78 is 0. The highest BCUT2D eigenvalue weighted by molar-refractivity contribution is 5.96.